The zero-order chi connectivity index (χ0) is 23.3. The van der Waals surface area contributed by atoms with Gasteiger partial charge in [0.25, 0.3) is 11.8 Å². The number of aryl methyl sites for hydroxylation is 1. The number of hydrogen-bond acceptors (Lipinski definition) is 6. The molecule has 0 radical (unpaired) electrons. The van der Waals surface area contributed by atoms with E-state index >= 15 is 0 Å². The van der Waals surface area contributed by atoms with Gasteiger partial charge in [-0.2, -0.15) is 0 Å². The van der Waals surface area contributed by atoms with Crippen molar-refractivity contribution in [3.05, 3.63) is 58.5 Å². The second kappa shape index (κ2) is 10.3. The lowest BCUT2D eigenvalue weighted by atomic mass is 10.1. The molecule has 0 saturated heterocycles. The highest BCUT2D eigenvalue weighted by atomic mass is 32.1. The normalized spacial score (nSPS) is 10.8. The molecule has 0 saturated carbocycles. The number of ether oxygens (including phenoxy) is 2. The molecule has 2 N–H and O–H groups in total. The molecule has 1 aromatic heterocycles. The first-order valence-electron chi connectivity index (χ1n) is 10.3. The molecule has 0 atom stereocenters. The van der Waals surface area contributed by atoms with Crippen molar-refractivity contribution in [1.29, 1.82) is 0 Å². The molecule has 3 rings (SSSR count). The van der Waals surface area contributed by atoms with Crippen LogP contribution in [0.1, 0.15) is 46.4 Å². The first-order valence-corrected chi connectivity index (χ1v) is 11.1. The lowest BCUT2D eigenvalue weighted by Crippen LogP contribution is -2.34. The number of esters is 1. The number of nitrogens with one attached hydrogen (secondary N) is 2. The molecule has 3 aromatic rings. The molecule has 0 aliphatic rings. The molecule has 0 unspecified atom stereocenters. The fourth-order valence-corrected chi connectivity index (χ4v) is 4.06. The van der Waals surface area contributed by atoms with E-state index in [1.54, 1.807) is 25.1 Å². The van der Waals surface area contributed by atoms with Crippen molar-refractivity contribution in [3.8, 4) is 5.75 Å². The van der Waals surface area contributed by atoms with E-state index in [0.29, 0.717) is 10.6 Å². The van der Waals surface area contributed by atoms with Gasteiger partial charge in [-0.05, 0) is 56.7 Å². The van der Waals surface area contributed by atoms with Crippen LogP contribution in [0, 0.1) is 6.92 Å². The lowest BCUT2D eigenvalue weighted by molar-refractivity contribution is -0.123. The summed E-state index contributed by atoms with van der Waals surface area (Å²) in [4.78, 5) is 38.4. The highest BCUT2D eigenvalue weighted by Crippen LogP contribution is 2.31. The second-order valence-electron chi connectivity index (χ2n) is 7.48. The molecule has 0 aliphatic heterocycles. The summed E-state index contributed by atoms with van der Waals surface area (Å²) in [6.45, 7) is 7.31. The largest absolute Gasteiger partial charge is 0.483 e. The first kappa shape index (κ1) is 23.3. The van der Waals surface area contributed by atoms with Gasteiger partial charge in [-0.25, -0.2) is 4.79 Å². The quantitative estimate of drug-likeness (QED) is 0.487. The number of amides is 2. The lowest BCUT2D eigenvalue weighted by Gasteiger charge is -2.14. The summed E-state index contributed by atoms with van der Waals surface area (Å²) in [6.07, 6.45) is 0. The number of benzene rings is 2. The molecule has 1 heterocycles. The van der Waals surface area contributed by atoms with Crippen LogP contribution >= 0.6 is 11.3 Å². The Morgan fingerprint density at radius 2 is 1.72 bits per heavy atom. The average Bonchev–Trinajstić information content (AvgIpc) is 3.11. The molecule has 0 aliphatic carbocycles. The predicted molar refractivity (Wildman–Crippen MR) is 126 cm³/mol. The summed E-state index contributed by atoms with van der Waals surface area (Å²) in [5.41, 5.74) is 0.573. The van der Waals surface area contributed by atoms with Crippen LogP contribution < -0.4 is 15.4 Å². The highest BCUT2D eigenvalue weighted by molar-refractivity contribution is 7.16. The van der Waals surface area contributed by atoms with Gasteiger partial charge in [-0.3, -0.25) is 9.59 Å². The fraction of sp³-hybridized carbons (Fsp3) is 0.292. The first-order chi connectivity index (χ1) is 15.3. The smallest absolute Gasteiger partial charge is 0.341 e. The van der Waals surface area contributed by atoms with E-state index in [-0.39, 0.29) is 36.5 Å². The van der Waals surface area contributed by atoms with Crippen LogP contribution in [0.3, 0.4) is 0 Å². The van der Waals surface area contributed by atoms with Crippen molar-refractivity contribution >= 4 is 44.9 Å². The van der Waals surface area contributed by atoms with Gasteiger partial charge in [-0.15, -0.1) is 11.3 Å². The average molecular weight is 455 g/mol. The van der Waals surface area contributed by atoms with Crippen LogP contribution in [0.5, 0.6) is 5.75 Å². The summed E-state index contributed by atoms with van der Waals surface area (Å²) in [7, 11) is 0. The van der Waals surface area contributed by atoms with Crippen LogP contribution in [0.2, 0.25) is 0 Å². The number of carbonyl (C=O) groups excluding carboxylic acids is 3. The third-order valence-corrected chi connectivity index (χ3v) is 5.44. The number of rotatable bonds is 8. The van der Waals surface area contributed by atoms with Crippen molar-refractivity contribution in [2.24, 2.45) is 0 Å². The minimum absolute atomic E-state index is 0.0196. The van der Waals surface area contributed by atoms with Crippen molar-refractivity contribution in [2.75, 3.05) is 18.5 Å². The SMILES string of the molecule is CCOC(=O)c1cc(C)sc1NC(=O)c1cc2ccccc2cc1OCC(=O)NC(C)C. The van der Waals surface area contributed by atoms with Crippen molar-refractivity contribution < 1.29 is 23.9 Å². The van der Waals surface area contributed by atoms with Gasteiger partial charge < -0.3 is 20.1 Å². The van der Waals surface area contributed by atoms with Crippen LogP contribution in [0.25, 0.3) is 10.8 Å². The molecular weight excluding hydrogens is 428 g/mol. The van der Waals surface area contributed by atoms with Gasteiger partial charge in [0.15, 0.2) is 6.61 Å². The Kier molecular flexibility index (Phi) is 7.48. The molecule has 7 nitrogen and oxygen atoms in total. The Morgan fingerprint density at radius 3 is 2.38 bits per heavy atom. The molecule has 32 heavy (non-hydrogen) atoms. The third kappa shape index (κ3) is 5.64. The van der Waals surface area contributed by atoms with Crippen molar-refractivity contribution in [1.82, 2.24) is 5.32 Å². The number of carbonyl (C=O) groups is 3. The Hall–Kier alpha value is -3.39. The van der Waals surface area contributed by atoms with E-state index in [0.717, 1.165) is 15.6 Å². The Balaban J connectivity index is 1.92. The monoisotopic (exact) mass is 454 g/mol. The van der Waals surface area contributed by atoms with Crippen molar-refractivity contribution in [2.45, 2.75) is 33.7 Å². The Morgan fingerprint density at radius 1 is 1.03 bits per heavy atom. The van der Waals surface area contributed by atoms with Gasteiger partial charge >= 0.3 is 5.97 Å². The molecule has 0 fully saturated rings. The molecule has 2 aromatic carbocycles. The second-order valence-corrected chi connectivity index (χ2v) is 8.74. The molecule has 168 valence electrons. The molecule has 0 spiro atoms. The Bertz CT molecular complexity index is 1150. The van der Waals surface area contributed by atoms with Gasteiger partial charge in [-0.1, -0.05) is 24.3 Å². The number of thiophene rings is 1. The van der Waals surface area contributed by atoms with Crippen molar-refractivity contribution in [3.63, 3.8) is 0 Å². The zero-order valence-electron chi connectivity index (χ0n) is 18.5. The molecule has 2 amide bonds. The van der Waals surface area contributed by atoms with Gasteiger partial charge in [0.2, 0.25) is 0 Å². The third-order valence-electron chi connectivity index (χ3n) is 4.48. The molecular formula is C24H26N2O5S. The minimum atomic E-state index is -0.493. The Labute approximate surface area is 190 Å². The highest BCUT2D eigenvalue weighted by Gasteiger charge is 2.21. The van der Waals surface area contributed by atoms with E-state index in [1.807, 2.05) is 45.0 Å². The fourth-order valence-electron chi connectivity index (χ4n) is 3.16. The standard InChI is InChI=1S/C24H26N2O5S/c1-5-30-24(29)19-10-15(4)32-23(19)26-22(28)18-11-16-8-6-7-9-17(16)12-20(18)31-13-21(27)25-14(2)3/h6-12,14H,5,13H2,1-4H3,(H,25,27)(H,26,28). The van der Waals surface area contributed by atoms with Crippen LogP contribution in [-0.4, -0.2) is 37.0 Å². The summed E-state index contributed by atoms with van der Waals surface area (Å²) >= 11 is 1.29. The summed E-state index contributed by atoms with van der Waals surface area (Å²) in [5, 5.41) is 7.70. The maximum Gasteiger partial charge on any atom is 0.341 e. The van der Waals surface area contributed by atoms with E-state index < -0.39 is 11.9 Å². The van der Waals surface area contributed by atoms with Crippen LogP contribution in [-0.2, 0) is 9.53 Å². The zero-order valence-corrected chi connectivity index (χ0v) is 19.3. The predicted octanol–water partition coefficient (Wildman–Crippen LogP) is 4.54. The maximum atomic E-state index is 13.2. The number of hydrogen-bond donors (Lipinski definition) is 2. The van der Waals surface area contributed by atoms with Crippen LogP contribution in [0.4, 0.5) is 5.00 Å². The van der Waals surface area contributed by atoms with Gasteiger partial charge in [0.05, 0.1) is 17.7 Å². The number of fused-ring (bicyclic) bond motifs is 1. The van der Waals surface area contributed by atoms with Gasteiger partial charge in [0.1, 0.15) is 10.8 Å². The van der Waals surface area contributed by atoms with E-state index in [2.05, 4.69) is 10.6 Å². The van der Waals surface area contributed by atoms with E-state index in [1.165, 1.54) is 11.3 Å². The van der Waals surface area contributed by atoms with Crippen LogP contribution in [0.15, 0.2) is 42.5 Å². The number of anilines is 1. The van der Waals surface area contributed by atoms with E-state index in [4.69, 9.17) is 9.47 Å². The molecule has 0 bridgehead atoms. The minimum Gasteiger partial charge on any atom is -0.483 e. The molecule has 8 heteroatoms. The van der Waals surface area contributed by atoms with E-state index in [9.17, 15) is 14.4 Å². The van der Waals surface area contributed by atoms with Gasteiger partial charge in [0, 0.05) is 10.9 Å². The maximum absolute atomic E-state index is 13.2. The topological polar surface area (TPSA) is 93.7 Å². The summed E-state index contributed by atoms with van der Waals surface area (Å²) in [5.74, 6) is -0.932. The summed E-state index contributed by atoms with van der Waals surface area (Å²) < 4.78 is 10.8. The summed E-state index contributed by atoms with van der Waals surface area (Å²) in [6, 6.07) is 12.7.